The van der Waals surface area contributed by atoms with E-state index in [0.717, 1.165) is 81.7 Å². The molecule has 7 aromatic rings. The van der Waals surface area contributed by atoms with E-state index in [-0.39, 0.29) is 5.41 Å². The van der Waals surface area contributed by atoms with Crippen molar-refractivity contribution in [1.82, 2.24) is 24.5 Å². The van der Waals surface area contributed by atoms with E-state index in [1.165, 1.54) is 49.0 Å². The van der Waals surface area contributed by atoms with Crippen LogP contribution < -0.4 is 0 Å². The molecule has 4 aromatic carbocycles. The van der Waals surface area contributed by atoms with Crippen LogP contribution in [0.3, 0.4) is 0 Å². The number of allylic oxidation sites excluding steroid dienone is 13. The Bertz CT molecular complexity index is 3030. The van der Waals surface area contributed by atoms with Crippen LogP contribution in [0.15, 0.2) is 134 Å². The summed E-state index contributed by atoms with van der Waals surface area (Å²) in [6.07, 6.45) is 25.1. The molecule has 3 aliphatic rings. The fourth-order valence-electron chi connectivity index (χ4n) is 9.06. The van der Waals surface area contributed by atoms with E-state index >= 15 is 0 Å². The maximum Gasteiger partial charge on any atom is 0.164 e. The maximum absolute atomic E-state index is 5.17. The summed E-state index contributed by atoms with van der Waals surface area (Å²) in [4.78, 5) is 20.0. The lowest BCUT2D eigenvalue weighted by atomic mass is 9.81. The number of thiazole rings is 1. The first-order valence-electron chi connectivity index (χ1n) is 19.9. The molecule has 0 fully saturated rings. The second-order valence-electron chi connectivity index (χ2n) is 15.7. The lowest BCUT2D eigenvalue weighted by Gasteiger charge is -2.22. The van der Waals surface area contributed by atoms with Crippen LogP contribution in [0.25, 0.3) is 82.5 Å². The highest BCUT2D eigenvalue weighted by Crippen LogP contribution is 2.53. The summed E-state index contributed by atoms with van der Waals surface area (Å²) in [6.45, 7) is 13.0. The van der Waals surface area contributed by atoms with Crippen molar-refractivity contribution < 1.29 is 0 Å². The van der Waals surface area contributed by atoms with E-state index in [2.05, 4.69) is 153 Å². The van der Waals surface area contributed by atoms with Crippen molar-refractivity contribution in [2.45, 2.75) is 58.8 Å². The quantitative estimate of drug-likeness (QED) is 0.152. The zero-order chi connectivity index (χ0) is 38.8. The lowest BCUT2D eigenvalue weighted by Crippen LogP contribution is -2.14. The Morgan fingerprint density at radius 2 is 1.67 bits per heavy atom. The molecule has 3 aliphatic carbocycles. The van der Waals surface area contributed by atoms with Gasteiger partial charge in [-0.2, -0.15) is 0 Å². The van der Waals surface area contributed by atoms with Crippen LogP contribution in [0.1, 0.15) is 74.8 Å². The van der Waals surface area contributed by atoms with E-state index in [1.54, 1.807) is 11.3 Å². The van der Waals surface area contributed by atoms with Crippen LogP contribution in [-0.4, -0.2) is 24.5 Å². The Hall–Kier alpha value is -6.24. The van der Waals surface area contributed by atoms with Crippen molar-refractivity contribution in [3.8, 4) is 33.6 Å². The van der Waals surface area contributed by atoms with Gasteiger partial charge in [0, 0.05) is 38.6 Å². The molecule has 6 heteroatoms. The molecule has 3 heterocycles. The highest BCUT2D eigenvalue weighted by atomic mass is 32.1. The molecule has 57 heavy (non-hydrogen) atoms. The van der Waals surface area contributed by atoms with Gasteiger partial charge in [-0.05, 0) is 121 Å². The molecule has 3 aromatic heterocycles. The average molecular weight is 758 g/mol. The molecule has 0 bridgehead atoms. The smallest absolute Gasteiger partial charge is 0.164 e. The van der Waals surface area contributed by atoms with E-state index in [1.807, 2.05) is 17.7 Å². The first kappa shape index (κ1) is 35.2. The Morgan fingerprint density at radius 1 is 0.842 bits per heavy atom. The number of aromatic nitrogens is 5. The van der Waals surface area contributed by atoms with Crippen LogP contribution in [0.5, 0.6) is 0 Å². The molecule has 10 rings (SSSR count). The first-order valence-corrected chi connectivity index (χ1v) is 20.8. The van der Waals surface area contributed by atoms with E-state index in [4.69, 9.17) is 15.0 Å². The van der Waals surface area contributed by atoms with Crippen LogP contribution in [0.4, 0.5) is 0 Å². The van der Waals surface area contributed by atoms with Gasteiger partial charge in [0.1, 0.15) is 0 Å². The predicted molar refractivity (Wildman–Crippen MR) is 241 cm³/mol. The van der Waals surface area contributed by atoms with Crippen molar-refractivity contribution in [2.75, 3.05) is 0 Å². The second kappa shape index (κ2) is 13.7. The molecule has 5 nitrogen and oxygen atoms in total. The summed E-state index contributed by atoms with van der Waals surface area (Å²) in [6, 6.07) is 23.0. The number of hydrogen-bond donors (Lipinski definition) is 0. The summed E-state index contributed by atoms with van der Waals surface area (Å²) < 4.78 is 3.66. The molecule has 0 aliphatic heterocycles. The molecule has 0 amide bonds. The molecular weight excluding hydrogens is 715 g/mol. The highest BCUT2D eigenvalue weighted by Gasteiger charge is 2.37. The number of aryl methyl sites for hydroxylation is 1. The van der Waals surface area contributed by atoms with Gasteiger partial charge < -0.3 is 4.57 Å². The first-order chi connectivity index (χ1) is 27.8. The van der Waals surface area contributed by atoms with Crippen molar-refractivity contribution in [3.63, 3.8) is 0 Å². The van der Waals surface area contributed by atoms with Gasteiger partial charge in [0.05, 0.1) is 26.8 Å². The molecule has 0 spiro atoms. The molecule has 0 atom stereocenters. The lowest BCUT2D eigenvalue weighted by molar-refractivity contribution is 0.661. The third kappa shape index (κ3) is 5.73. The Labute approximate surface area is 337 Å². The van der Waals surface area contributed by atoms with Crippen LogP contribution in [-0.2, 0) is 5.41 Å². The van der Waals surface area contributed by atoms with Gasteiger partial charge in [-0.3, -0.25) is 0 Å². The third-order valence-corrected chi connectivity index (χ3v) is 12.8. The summed E-state index contributed by atoms with van der Waals surface area (Å²) in [5.74, 6) is 2.18. The number of fused-ring (bicyclic) bond motifs is 8. The van der Waals surface area contributed by atoms with E-state index in [0.29, 0.717) is 5.82 Å². The van der Waals surface area contributed by atoms with E-state index < -0.39 is 0 Å². The molecule has 0 radical (unpaired) electrons. The molecular formula is C51H43N5S. The van der Waals surface area contributed by atoms with Crippen molar-refractivity contribution >= 4 is 60.2 Å². The molecule has 278 valence electrons. The summed E-state index contributed by atoms with van der Waals surface area (Å²) >= 11 is 1.74. The van der Waals surface area contributed by atoms with Crippen LogP contribution in [0, 0.1) is 6.92 Å². The van der Waals surface area contributed by atoms with Gasteiger partial charge in [-0.25, -0.2) is 19.9 Å². The van der Waals surface area contributed by atoms with Gasteiger partial charge in [-0.15, -0.1) is 11.3 Å². The topological polar surface area (TPSA) is 56.5 Å². The number of rotatable bonds is 7. The Morgan fingerprint density at radius 3 is 2.47 bits per heavy atom. The molecule has 0 saturated heterocycles. The fraction of sp³-hybridized carbons (Fsp3) is 0.176. The normalized spacial score (nSPS) is 16.1. The number of hydrogen-bond acceptors (Lipinski definition) is 5. The zero-order valence-corrected chi connectivity index (χ0v) is 33.6. The Balaban J connectivity index is 1.18. The summed E-state index contributed by atoms with van der Waals surface area (Å²) in [5, 5.41) is 2.34. The van der Waals surface area contributed by atoms with Gasteiger partial charge in [-0.1, -0.05) is 99.4 Å². The summed E-state index contributed by atoms with van der Waals surface area (Å²) in [7, 11) is 0. The minimum Gasteiger partial charge on any atom is -0.309 e. The molecule has 0 unspecified atom stereocenters. The van der Waals surface area contributed by atoms with Crippen molar-refractivity contribution in [3.05, 3.63) is 162 Å². The SMILES string of the molecule is C=C/C=C\C(=C/C)n1c2ccc(-c3ccc4c(c3)C(C)(C)c3ccc5ncsc5c3-4)cc2c2cc(-c3nc(C4=CCCC=C4)nc(C4=CC=CCC4)n3)cc(C)c21. The summed E-state index contributed by atoms with van der Waals surface area (Å²) in [5.41, 5.74) is 18.4. The second-order valence-corrected chi connectivity index (χ2v) is 16.6. The van der Waals surface area contributed by atoms with Crippen molar-refractivity contribution in [2.24, 2.45) is 0 Å². The standard InChI is InChI=1S/C51H43N5S/c1-6-8-19-37(7-2)56-44-25-21-34(35-20-22-38-42(29-35)51(4,5)41-23-24-43-47(45(38)41)57-30-52-43)27-39(44)40-28-36(26-31(3)46(40)56)50-54-48(32-15-11-9-12-16-32)53-49(55-50)33-17-13-10-14-18-33/h6-9,11,13,15,17-30H,1,10,12,14,16H2,2-5H3/b19-8-,37-7+. The predicted octanol–water partition coefficient (Wildman–Crippen LogP) is 13.6. The molecule has 0 saturated carbocycles. The van der Waals surface area contributed by atoms with Crippen LogP contribution in [0.2, 0.25) is 0 Å². The van der Waals surface area contributed by atoms with Gasteiger partial charge >= 0.3 is 0 Å². The largest absolute Gasteiger partial charge is 0.309 e. The van der Waals surface area contributed by atoms with Gasteiger partial charge in [0.25, 0.3) is 0 Å². The number of benzene rings is 4. The average Bonchev–Trinajstić information content (AvgIpc) is 3.93. The van der Waals surface area contributed by atoms with Crippen LogP contribution >= 0.6 is 11.3 Å². The third-order valence-electron chi connectivity index (χ3n) is 11.9. The van der Waals surface area contributed by atoms with Crippen molar-refractivity contribution in [1.29, 1.82) is 0 Å². The van der Waals surface area contributed by atoms with Gasteiger partial charge in [0.2, 0.25) is 0 Å². The van der Waals surface area contributed by atoms with E-state index in [9.17, 15) is 0 Å². The fourth-order valence-corrected chi connectivity index (χ4v) is 9.91. The maximum atomic E-state index is 5.17. The molecule has 0 N–H and O–H groups in total. The monoisotopic (exact) mass is 757 g/mol. The number of nitrogens with zero attached hydrogens (tertiary/aromatic N) is 5. The minimum atomic E-state index is -0.126. The van der Waals surface area contributed by atoms with Gasteiger partial charge in [0.15, 0.2) is 17.5 Å². The Kier molecular flexibility index (Phi) is 8.49. The highest BCUT2D eigenvalue weighted by molar-refractivity contribution is 7.17. The zero-order valence-electron chi connectivity index (χ0n) is 32.8. The minimum absolute atomic E-state index is 0.126.